The molecule has 2 rings (SSSR count). The molecule has 2 fully saturated rings. The standard InChI is InChI=1S/C14H28N4O/c1-16-9-10-17(2)13(12-16)11-15-14(19)18-7-5-3-4-6-8-18/h13H,3-12H2,1-2H3,(H,15,19). The molecule has 0 aromatic rings. The van der Waals surface area contributed by atoms with E-state index in [0.717, 1.165) is 52.1 Å². The van der Waals surface area contributed by atoms with Crippen LogP contribution in [0.4, 0.5) is 4.79 Å². The minimum atomic E-state index is 0.128. The lowest BCUT2D eigenvalue weighted by molar-refractivity contribution is 0.112. The van der Waals surface area contributed by atoms with Gasteiger partial charge in [0.2, 0.25) is 0 Å². The quantitative estimate of drug-likeness (QED) is 0.806. The average molecular weight is 268 g/mol. The first-order valence-corrected chi connectivity index (χ1v) is 7.58. The maximum Gasteiger partial charge on any atom is 0.317 e. The van der Waals surface area contributed by atoms with E-state index in [1.54, 1.807) is 0 Å². The number of likely N-dealkylation sites (tertiary alicyclic amines) is 1. The highest BCUT2D eigenvalue weighted by Crippen LogP contribution is 2.10. The summed E-state index contributed by atoms with van der Waals surface area (Å²) in [6.45, 7) is 5.85. The van der Waals surface area contributed by atoms with Crippen LogP contribution in [0.3, 0.4) is 0 Å². The number of carbonyl (C=O) groups excluding carboxylic acids is 1. The Bertz CT molecular complexity index is 289. The maximum atomic E-state index is 12.2. The molecule has 2 aliphatic rings. The SMILES string of the molecule is CN1CCN(C)C(CNC(=O)N2CCCCCC2)C1. The van der Waals surface area contributed by atoms with E-state index in [1.807, 2.05) is 4.90 Å². The average Bonchev–Trinajstić information content (AvgIpc) is 2.68. The molecule has 5 heteroatoms. The van der Waals surface area contributed by atoms with Gasteiger partial charge in [0.15, 0.2) is 0 Å². The lowest BCUT2D eigenvalue weighted by Crippen LogP contribution is -2.55. The fraction of sp³-hybridized carbons (Fsp3) is 0.929. The predicted molar refractivity (Wildman–Crippen MR) is 77.4 cm³/mol. The molecule has 2 saturated heterocycles. The molecule has 0 aliphatic carbocycles. The lowest BCUT2D eigenvalue weighted by atomic mass is 10.2. The summed E-state index contributed by atoms with van der Waals surface area (Å²) >= 11 is 0. The zero-order valence-electron chi connectivity index (χ0n) is 12.4. The summed E-state index contributed by atoms with van der Waals surface area (Å²) < 4.78 is 0. The van der Waals surface area contributed by atoms with E-state index in [4.69, 9.17) is 0 Å². The molecular weight excluding hydrogens is 240 g/mol. The predicted octanol–water partition coefficient (Wildman–Crippen LogP) is 0.818. The minimum absolute atomic E-state index is 0.128. The molecule has 0 radical (unpaired) electrons. The van der Waals surface area contributed by atoms with Crippen molar-refractivity contribution in [2.45, 2.75) is 31.7 Å². The number of nitrogens with one attached hydrogen (secondary N) is 1. The first kappa shape index (κ1) is 14.6. The Kier molecular flexibility index (Phi) is 5.45. The number of hydrogen-bond donors (Lipinski definition) is 1. The molecular formula is C14H28N4O. The second-order valence-corrected chi connectivity index (χ2v) is 5.98. The Morgan fingerprint density at radius 1 is 1.05 bits per heavy atom. The monoisotopic (exact) mass is 268 g/mol. The molecule has 19 heavy (non-hydrogen) atoms. The maximum absolute atomic E-state index is 12.2. The zero-order valence-corrected chi connectivity index (χ0v) is 12.4. The van der Waals surface area contributed by atoms with Crippen LogP contribution in [-0.4, -0.2) is 80.1 Å². The van der Waals surface area contributed by atoms with Crippen LogP contribution in [-0.2, 0) is 0 Å². The molecule has 0 aromatic carbocycles. The van der Waals surface area contributed by atoms with E-state index in [2.05, 4.69) is 29.2 Å². The van der Waals surface area contributed by atoms with Crippen LogP contribution in [0, 0.1) is 0 Å². The smallest absolute Gasteiger partial charge is 0.317 e. The highest BCUT2D eigenvalue weighted by atomic mass is 16.2. The van der Waals surface area contributed by atoms with E-state index in [-0.39, 0.29) is 6.03 Å². The molecule has 1 N–H and O–H groups in total. The van der Waals surface area contributed by atoms with Crippen molar-refractivity contribution in [2.24, 2.45) is 0 Å². The Morgan fingerprint density at radius 3 is 2.42 bits per heavy atom. The molecule has 2 amide bonds. The van der Waals surface area contributed by atoms with Crippen molar-refractivity contribution in [3.05, 3.63) is 0 Å². The second-order valence-electron chi connectivity index (χ2n) is 5.98. The van der Waals surface area contributed by atoms with Crippen LogP contribution in [0.15, 0.2) is 0 Å². The van der Waals surface area contributed by atoms with Crippen molar-refractivity contribution in [1.29, 1.82) is 0 Å². The van der Waals surface area contributed by atoms with Gasteiger partial charge >= 0.3 is 6.03 Å². The molecule has 5 nitrogen and oxygen atoms in total. The van der Waals surface area contributed by atoms with E-state index < -0.39 is 0 Å². The summed E-state index contributed by atoms with van der Waals surface area (Å²) in [7, 11) is 4.30. The van der Waals surface area contributed by atoms with Crippen molar-refractivity contribution in [3.8, 4) is 0 Å². The molecule has 2 aliphatic heterocycles. The molecule has 110 valence electrons. The van der Waals surface area contributed by atoms with Crippen LogP contribution in [0.25, 0.3) is 0 Å². The van der Waals surface area contributed by atoms with Crippen molar-refractivity contribution in [2.75, 3.05) is 53.4 Å². The number of urea groups is 1. The van der Waals surface area contributed by atoms with Crippen LogP contribution in [0.2, 0.25) is 0 Å². The van der Waals surface area contributed by atoms with E-state index >= 15 is 0 Å². The van der Waals surface area contributed by atoms with Gasteiger partial charge in [-0.3, -0.25) is 4.90 Å². The summed E-state index contributed by atoms with van der Waals surface area (Å²) in [5, 5.41) is 3.12. The zero-order chi connectivity index (χ0) is 13.7. The van der Waals surface area contributed by atoms with Gasteiger partial charge in [0.25, 0.3) is 0 Å². The Labute approximate surface area is 116 Å². The molecule has 0 spiro atoms. The van der Waals surface area contributed by atoms with E-state index in [1.165, 1.54) is 12.8 Å². The number of carbonyl (C=O) groups is 1. The third-order valence-electron chi connectivity index (χ3n) is 4.36. The number of rotatable bonds is 2. The molecule has 2 heterocycles. The van der Waals surface area contributed by atoms with E-state index in [0.29, 0.717) is 6.04 Å². The van der Waals surface area contributed by atoms with Crippen molar-refractivity contribution in [1.82, 2.24) is 20.0 Å². The van der Waals surface area contributed by atoms with Gasteiger partial charge in [-0.2, -0.15) is 0 Å². The number of likely N-dealkylation sites (N-methyl/N-ethyl adjacent to an activating group) is 2. The Balaban J connectivity index is 1.75. The summed E-state index contributed by atoms with van der Waals surface area (Å²) in [5.74, 6) is 0. The topological polar surface area (TPSA) is 38.8 Å². The largest absolute Gasteiger partial charge is 0.336 e. The first-order chi connectivity index (χ1) is 9.16. The number of hydrogen-bond acceptors (Lipinski definition) is 3. The third-order valence-corrected chi connectivity index (χ3v) is 4.36. The second kappa shape index (κ2) is 7.10. The normalized spacial score (nSPS) is 27.1. The van der Waals surface area contributed by atoms with Crippen molar-refractivity contribution in [3.63, 3.8) is 0 Å². The van der Waals surface area contributed by atoms with Gasteiger partial charge in [0.05, 0.1) is 0 Å². The van der Waals surface area contributed by atoms with Crippen LogP contribution in [0.1, 0.15) is 25.7 Å². The van der Waals surface area contributed by atoms with Crippen molar-refractivity contribution >= 4 is 6.03 Å². The fourth-order valence-electron chi connectivity index (χ4n) is 2.91. The van der Waals surface area contributed by atoms with Crippen LogP contribution in [0.5, 0.6) is 0 Å². The summed E-state index contributed by atoms with van der Waals surface area (Å²) in [6.07, 6.45) is 4.83. The summed E-state index contributed by atoms with van der Waals surface area (Å²) in [6, 6.07) is 0.568. The van der Waals surface area contributed by atoms with Gasteiger partial charge in [0.1, 0.15) is 0 Å². The summed E-state index contributed by atoms with van der Waals surface area (Å²) in [5.41, 5.74) is 0. The first-order valence-electron chi connectivity index (χ1n) is 7.58. The molecule has 0 aromatic heterocycles. The Hall–Kier alpha value is -0.810. The van der Waals surface area contributed by atoms with Gasteiger partial charge in [-0.05, 0) is 26.9 Å². The van der Waals surface area contributed by atoms with Gasteiger partial charge in [0, 0.05) is 45.3 Å². The van der Waals surface area contributed by atoms with Gasteiger partial charge in [-0.15, -0.1) is 0 Å². The molecule has 1 atom stereocenters. The summed E-state index contributed by atoms with van der Waals surface area (Å²) in [4.78, 5) is 18.8. The number of amides is 2. The molecule has 0 bridgehead atoms. The van der Waals surface area contributed by atoms with Gasteiger partial charge in [-0.1, -0.05) is 12.8 Å². The van der Waals surface area contributed by atoms with Gasteiger partial charge in [-0.25, -0.2) is 4.79 Å². The van der Waals surface area contributed by atoms with Crippen molar-refractivity contribution < 1.29 is 4.79 Å². The number of nitrogens with zero attached hydrogens (tertiary/aromatic N) is 3. The highest BCUT2D eigenvalue weighted by molar-refractivity contribution is 5.74. The Morgan fingerprint density at radius 2 is 1.74 bits per heavy atom. The van der Waals surface area contributed by atoms with Crippen LogP contribution >= 0.6 is 0 Å². The minimum Gasteiger partial charge on any atom is -0.336 e. The third kappa shape index (κ3) is 4.35. The molecule has 0 saturated carbocycles. The van der Waals surface area contributed by atoms with E-state index in [9.17, 15) is 4.79 Å². The van der Waals surface area contributed by atoms with Gasteiger partial charge < -0.3 is 15.1 Å². The highest BCUT2D eigenvalue weighted by Gasteiger charge is 2.23. The lowest BCUT2D eigenvalue weighted by Gasteiger charge is -2.38. The fourth-order valence-corrected chi connectivity index (χ4v) is 2.91. The molecule has 1 unspecified atom stereocenters. The number of piperazine rings is 1. The van der Waals surface area contributed by atoms with Crippen LogP contribution < -0.4 is 5.32 Å².